The van der Waals surface area contributed by atoms with Gasteiger partial charge in [-0.1, -0.05) is 30.3 Å². The van der Waals surface area contributed by atoms with Gasteiger partial charge in [0.1, 0.15) is 30.1 Å². The molecule has 0 radical (unpaired) electrons. The molecule has 1 fully saturated rings. The Balaban J connectivity index is 1.53. The molecule has 5 nitrogen and oxygen atoms in total. The van der Waals surface area contributed by atoms with Gasteiger partial charge in [0, 0.05) is 24.0 Å². The van der Waals surface area contributed by atoms with Gasteiger partial charge in [0.25, 0.3) is 0 Å². The number of H-pyrrole nitrogens is 1. The fraction of sp³-hybridized carbons (Fsp3) is 0.273. The Hall–Kier alpha value is -3.08. The molecule has 0 spiro atoms. The number of fused-ring (bicyclic) bond motifs is 3. The van der Waals surface area contributed by atoms with Crippen molar-refractivity contribution in [2.75, 3.05) is 18.0 Å². The SMILES string of the molecule is c1ccc(COc2ccc3[nH]c4ncnc(N5CCCCC5)c4c3c2)cc1. The van der Waals surface area contributed by atoms with Crippen LogP contribution in [-0.2, 0) is 6.61 Å². The second-order valence-corrected chi connectivity index (χ2v) is 7.08. The van der Waals surface area contributed by atoms with Crippen molar-refractivity contribution in [2.24, 2.45) is 0 Å². The maximum absolute atomic E-state index is 6.04. The van der Waals surface area contributed by atoms with Crippen molar-refractivity contribution in [2.45, 2.75) is 25.9 Å². The second kappa shape index (κ2) is 6.91. The topological polar surface area (TPSA) is 54.0 Å². The summed E-state index contributed by atoms with van der Waals surface area (Å²) in [5.41, 5.74) is 3.12. The van der Waals surface area contributed by atoms with E-state index in [1.165, 1.54) is 19.3 Å². The molecule has 5 heteroatoms. The number of rotatable bonds is 4. The summed E-state index contributed by atoms with van der Waals surface area (Å²) in [5.74, 6) is 1.90. The fourth-order valence-electron chi connectivity index (χ4n) is 3.86. The van der Waals surface area contributed by atoms with Crippen molar-refractivity contribution in [1.29, 1.82) is 0 Å². The van der Waals surface area contributed by atoms with Crippen molar-refractivity contribution in [3.05, 3.63) is 60.4 Å². The summed E-state index contributed by atoms with van der Waals surface area (Å²) in [4.78, 5) is 14.9. The number of benzene rings is 2. The predicted octanol–water partition coefficient (Wildman–Crippen LogP) is 4.68. The Morgan fingerprint density at radius 2 is 1.81 bits per heavy atom. The quantitative estimate of drug-likeness (QED) is 0.575. The zero-order valence-electron chi connectivity index (χ0n) is 15.2. The molecule has 1 saturated heterocycles. The number of hydrogen-bond acceptors (Lipinski definition) is 4. The van der Waals surface area contributed by atoms with Crippen molar-refractivity contribution in [3.8, 4) is 5.75 Å². The van der Waals surface area contributed by atoms with Crippen LogP contribution in [0, 0.1) is 0 Å². The molecule has 0 saturated carbocycles. The number of anilines is 1. The Morgan fingerprint density at radius 1 is 0.963 bits per heavy atom. The minimum absolute atomic E-state index is 0.560. The van der Waals surface area contributed by atoms with E-state index in [4.69, 9.17) is 4.74 Å². The second-order valence-electron chi connectivity index (χ2n) is 7.08. The third kappa shape index (κ3) is 3.10. The summed E-state index contributed by atoms with van der Waals surface area (Å²) in [5, 5.41) is 2.22. The van der Waals surface area contributed by atoms with Crippen molar-refractivity contribution in [1.82, 2.24) is 15.0 Å². The fourth-order valence-corrected chi connectivity index (χ4v) is 3.86. The molecule has 0 atom stereocenters. The predicted molar refractivity (Wildman–Crippen MR) is 108 cm³/mol. The highest BCUT2D eigenvalue weighted by atomic mass is 16.5. The van der Waals surface area contributed by atoms with Crippen LogP contribution < -0.4 is 9.64 Å². The number of piperidine rings is 1. The van der Waals surface area contributed by atoms with Gasteiger partial charge in [-0.05, 0) is 43.0 Å². The molecule has 1 N–H and O–H groups in total. The van der Waals surface area contributed by atoms with Crippen LogP contribution in [0.4, 0.5) is 5.82 Å². The van der Waals surface area contributed by atoms with E-state index in [0.29, 0.717) is 6.61 Å². The van der Waals surface area contributed by atoms with Crippen molar-refractivity contribution in [3.63, 3.8) is 0 Å². The van der Waals surface area contributed by atoms with Crippen LogP contribution in [-0.4, -0.2) is 28.0 Å². The monoisotopic (exact) mass is 358 g/mol. The van der Waals surface area contributed by atoms with Gasteiger partial charge in [-0.25, -0.2) is 9.97 Å². The van der Waals surface area contributed by atoms with Gasteiger partial charge in [-0.15, -0.1) is 0 Å². The first-order valence-corrected chi connectivity index (χ1v) is 9.56. The van der Waals surface area contributed by atoms with E-state index in [2.05, 4.69) is 44.1 Å². The Morgan fingerprint density at radius 3 is 2.67 bits per heavy atom. The van der Waals surface area contributed by atoms with Crippen LogP contribution in [0.5, 0.6) is 5.75 Å². The van der Waals surface area contributed by atoms with Gasteiger partial charge < -0.3 is 14.6 Å². The van der Waals surface area contributed by atoms with E-state index in [1.54, 1.807) is 6.33 Å². The molecule has 27 heavy (non-hydrogen) atoms. The lowest BCUT2D eigenvalue weighted by Gasteiger charge is -2.28. The number of ether oxygens (including phenoxy) is 1. The number of nitrogens with zero attached hydrogens (tertiary/aromatic N) is 3. The summed E-state index contributed by atoms with van der Waals surface area (Å²) in [6.07, 6.45) is 5.41. The van der Waals surface area contributed by atoms with E-state index in [9.17, 15) is 0 Å². The first-order chi connectivity index (χ1) is 13.4. The standard InChI is InChI=1S/C22H22N4O/c1-3-7-16(8-4-1)14-27-17-9-10-19-18(13-17)20-21(25-19)23-15-24-22(20)26-11-5-2-6-12-26/h1,3-4,7-10,13,15H,2,5-6,11-12,14H2,(H,23,24,25). The summed E-state index contributed by atoms with van der Waals surface area (Å²) in [6, 6.07) is 16.4. The lowest BCUT2D eigenvalue weighted by molar-refractivity contribution is 0.306. The van der Waals surface area contributed by atoms with Crippen molar-refractivity contribution >= 4 is 27.8 Å². The molecule has 2 aromatic carbocycles. The first-order valence-electron chi connectivity index (χ1n) is 9.56. The highest BCUT2D eigenvalue weighted by Crippen LogP contribution is 2.34. The van der Waals surface area contributed by atoms with Gasteiger partial charge in [0.2, 0.25) is 0 Å². The zero-order valence-corrected chi connectivity index (χ0v) is 15.2. The molecule has 2 aromatic heterocycles. The average Bonchev–Trinajstić information content (AvgIpc) is 3.12. The summed E-state index contributed by atoms with van der Waals surface area (Å²) < 4.78 is 6.04. The van der Waals surface area contributed by atoms with Crippen LogP contribution in [0.15, 0.2) is 54.9 Å². The molecule has 0 unspecified atom stereocenters. The lowest BCUT2D eigenvalue weighted by Crippen LogP contribution is -2.30. The molecule has 5 rings (SSSR count). The Bertz CT molecular complexity index is 1070. The third-order valence-corrected chi connectivity index (χ3v) is 5.24. The number of aromatic amines is 1. The Labute approximate surface area is 158 Å². The molecule has 0 aliphatic carbocycles. The smallest absolute Gasteiger partial charge is 0.143 e. The van der Waals surface area contributed by atoms with E-state index >= 15 is 0 Å². The van der Waals surface area contributed by atoms with E-state index in [-0.39, 0.29) is 0 Å². The van der Waals surface area contributed by atoms with Crippen molar-refractivity contribution < 1.29 is 4.74 Å². The summed E-state index contributed by atoms with van der Waals surface area (Å²) in [6.45, 7) is 2.68. The molecule has 4 aromatic rings. The highest BCUT2D eigenvalue weighted by Gasteiger charge is 2.18. The molecule has 1 aliphatic heterocycles. The normalized spacial score (nSPS) is 14.7. The van der Waals surface area contributed by atoms with Crippen LogP contribution in [0.3, 0.4) is 0 Å². The maximum Gasteiger partial charge on any atom is 0.143 e. The van der Waals surface area contributed by atoms with E-state index in [1.807, 2.05) is 24.3 Å². The Kier molecular flexibility index (Phi) is 4.13. The number of hydrogen-bond donors (Lipinski definition) is 1. The van der Waals surface area contributed by atoms with Crippen LogP contribution >= 0.6 is 0 Å². The average molecular weight is 358 g/mol. The highest BCUT2D eigenvalue weighted by molar-refractivity contribution is 6.11. The van der Waals surface area contributed by atoms with Gasteiger partial charge >= 0.3 is 0 Å². The zero-order chi connectivity index (χ0) is 18.1. The molecule has 1 aliphatic rings. The lowest BCUT2D eigenvalue weighted by atomic mass is 10.1. The molecule has 0 amide bonds. The minimum atomic E-state index is 0.560. The van der Waals surface area contributed by atoms with E-state index < -0.39 is 0 Å². The third-order valence-electron chi connectivity index (χ3n) is 5.24. The van der Waals surface area contributed by atoms with Gasteiger partial charge in [-0.3, -0.25) is 0 Å². The maximum atomic E-state index is 6.04. The molecular formula is C22H22N4O. The van der Waals surface area contributed by atoms with Gasteiger partial charge in [0.15, 0.2) is 0 Å². The van der Waals surface area contributed by atoms with Crippen LogP contribution in [0.25, 0.3) is 21.9 Å². The number of nitrogens with one attached hydrogen (secondary N) is 1. The molecule has 136 valence electrons. The minimum Gasteiger partial charge on any atom is -0.489 e. The molecule has 3 heterocycles. The first kappa shape index (κ1) is 16.1. The van der Waals surface area contributed by atoms with Gasteiger partial charge in [-0.2, -0.15) is 0 Å². The summed E-state index contributed by atoms with van der Waals surface area (Å²) in [7, 11) is 0. The largest absolute Gasteiger partial charge is 0.489 e. The van der Waals surface area contributed by atoms with E-state index in [0.717, 1.165) is 52.2 Å². The van der Waals surface area contributed by atoms with Gasteiger partial charge in [0.05, 0.1) is 5.39 Å². The molecular weight excluding hydrogens is 336 g/mol. The van der Waals surface area contributed by atoms with Crippen LogP contribution in [0.1, 0.15) is 24.8 Å². The summed E-state index contributed by atoms with van der Waals surface area (Å²) >= 11 is 0. The van der Waals surface area contributed by atoms with Crippen LogP contribution in [0.2, 0.25) is 0 Å². The number of aromatic nitrogens is 3. The molecule has 0 bridgehead atoms.